The van der Waals surface area contributed by atoms with Gasteiger partial charge in [-0.2, -0.15) is 0 Å². The summed E-state index contributed by atoms with van der Waals surface area (Å²) in [6.45, 7) is 9.44. The maximum absolute atomic E-state index is 8.94. The standard InChI is InChI=1S/C17H19N3O2/c1-5-13(20-21)9-11(2)18-15-10-12(3)19-17-14(15)7-6-8-16(17)22-4/h5-10,20-21H,1-2H2,3-4H3,(H,18,19)/b13-9+. The Morgan fingerprint density at radius 1 is 1.41 bits per heavy atom. The molecule has 0 saturated carbocycles. The van der Waals surface area contributed by atoms with Gasteiger partial charge >= 0.3 is 0 Å². The van der Waals surface area contributed by atoms with Crippen molar-refractivity contribution in [1.29, 1.82) is 0 Å². The molecule has 114 valence electrons. The van der Waals surface area contributed by atoms with Crippen molar-refractivity contribution in [3.8, 4) is 5.75 Å². The van der Waals surface area contributed by atoms with E-state index in [4.69, 9.17) is 9.94 Å². The number of fused-ring (bicyclic) bond motifs is 1. The van der Waals surface area contributed by atoms with Crippen LogP contribution in [-0.2, 0) is 0 Å². The van der Waals surface area contributed by atoms with Gasteiger partial charge in [0.15, 0.2) is 0 Å². The number of pyridine rings is 1. The zero-order valence-corrected chi connectivity index (χ0v) is 12.7. The van der Waals surface area contributed by atoms with Crippen LogP contribution in [0.25, 0.3) is 10.9 Å². The molecule has 5 nitrogen and oxygen atoms in total. The Bertz CT molecular complexity index is 751. The van der Waals surface area contributed by atoms with Crippen LogP contribution >= 0.6 is 0 Å². The molecule has 0 amide bonds. The maximum atomic E-state index is 8.94. The molecule has 0 spiro atoms. The third-order valence-electron chi connectivity index (χ3n) is 3.12. The second-order valence-corrected chi connectivity index (χ2v) is 4.73. The Morgan fingerprint density at radius 3 is 2.82 bits per heavy atom. The zero-order chi connectivity index (χ0) is 16.1. The van der Waals surface area contributed by atoms with E-state index in [1.165, 1.54) is 6.08 Å². The average Bonchev–Trinajstić information content (AvgIpc) is 2.51. The fourth-order valence-electron chi connectivity index (χ4n) is 2.15. The smallest absolute Gasteiger partial charge is 0.145 e. The lowest BCUT2D eigenvalue weighted by atomic mass is 10.1. The molecule has 0 bridgehead atoms. The van der Waals surface area contributed by atoms with Crippen molar-refractivity contribution in [1.82, 2.24) is 10.5 Å². The van der Waals surface area contributed by atoms with E-state index >= 15 is 0 Å². The van der Waals surface area contributed by atoms with Crippen LogP contribution in [0.3, 0.4) is 0 Å². The summed E-state index contributed by atoms with van der Waals surface area (Å²) in [5.74, 6) is 0.717. The monoisotopic (exact) mass is 297 g/mol. The van der Waals surface area contributed by atoms with E-state index in [2.05, 4.69) is 23.5 Å². The molecule has 0 fully saturated rings. The van der Waals surface area contributed by atoms with E-state index in [0.717, 1.165) is 22.3 Å². The summed E-state index contributed by atoms with van der Waals surface area (Å²) in [6.07, 6.45) is 3.14. The molecule has 1 aromatic heterocycles. The Balaban J connectivity index is 2.45. The number of benzene rings is 1. The molecule has 3 N–H and O–H groups in total. The van der Waals surface area contributed by atoms with Crippen molar-refractivity contribution in [2.75, 3.05) is 12.4 Å². The zero-order valence-electron chi connectivity index (χ0n) is 12.7. The number of hydroxylamine groups is 1. The van der Waals surface area contributed by atoms with Crippen LogP contribution < -0.4 is 15.5 Å². The van der Waals surface area contributed by atoms with E-state index in [1.807, 2.05) is 36.7 Å². The maximum Gasteiger partial charge on any atom is 0.145 e. The minimum absolute atomic E-state index is 0.449. The average molecular weight is 297 g/mol. The van der Waals surface area contributed by atoms with Crippen LogP contribution in [0.15, 0.2) is 61.0 Å². The number of ether oxygens (including phenoxy) is 1. The molecular weight excluding hydrogens is 278 g/mol. The largest absolute Gasteiger partial charge is 0.494 e. The first-order chi connectivity index (χ1) is 10.6. The number of anilines is 1. The van der Waals surface area contributed by atoms with Crippen LogP contribution in [0.2, 0.25) is 0 Å². The van der Waals surface area contributed by atoms with Gasteiger partial charge in [-0.15, -0.1) is 0 Å². The topological polar surface area (TPSA) is 66.4 Å². The molecular formula is C17H19N3O2. The first-order valence-corrected chi connectivity index (χ1v) is 6.73. The molecule has 0 aliphatic carbocycles. The van der Waals surface area contributed by atoms with Crippen molar-refractivity contribution < 1.29 is 9.94 Å². The molecule has 0 aliphatic rings. The van der Waals surface area contributed by atoms with Crippen LogP contribution in [0.5, 0.6) is 5.75 Å². The highest BCUT2D eigenvalue weighted by Gasteiger charge is 2.08. The lowest BCUT2D eigenvalue weighted by Gasteiger charge is -2.13. The molecule has 1 aromatic carbocycles. The Kier molecular flexibility index (Phi) is 4.80. The van der Waals surface area contributed by atoms with Crippen molar-refractivity contribution in [2.24, 2.45) is 0 Å². The summed E-state index contributed by atoms with van der Waals surface area (Å²) in [7, 11) is 1.62. The Hall–Kier alpha value is -2.79. The van der Waals surface area contributed by atoms with Crippen LogP contribution in [0.4, 0.5) is 5.69 Å². The molecule has 2 rings (SSSR count). The van der Waals surface area contributed by atoms with Crippen molar-refractivity contribution in [3.63, 3.8) is 0 Å². The van der Waals surface area contributed by atoms with Crippen molar-refractivity contribution in [3.05, 3.63) is 66.7 Å². The fourth-order valence-corrected chi connectivity index (χ4v) is 2.15. The second kappa shape index (κ2) is 6.78. The number of hydrogen-bond acceptors (Lipinski definition) is 5. The molecule has 5 heteroatoms. The molecule has 2 aromatic rings. The third-order valence-corrected chi connectivity index (χ3v) is 3.12. The highest BCUT2D eigenvalue weighted by Crippen LogP contribution is 2.30. The van der Waals surface area contributed by atoms with Gasteiger partial charge in [0, 0.05) is 22.5 Å². The predicted molar refractivity (Wildman–Crippen MR) is 89.0 cm³/mol. The molecule has 1 heterocycles. The lowest BCUT2D eigenvalue weighted by Crippen LogP contribution is -2.06. The summed E-state index contributed by atoms with van der Waals surface area (Å²) >= 11 is 0. The minimum atomic E-state index is 0.449. The summed E-state index contributed by atoms with van der Waals surface area (Å²) in [4.78, 5) is 4.53. The lowest BCUT2D eigenvalue weighted by molar-refractivity contribution is 0.205. The van der Waals surface area contributed by atoms with Crippen molar-refractivity contribution in [2.45, 2.75) is 6.92 Å². The van der Waals surface area contributed by atoms with Crippen LogP contribution in [0, 0.1) is 6.92 Å². The predicted octanol–water partition coefficient (Wildman–Crippen LogP) is 3.53. The van der Waals surface area contributed by atoms with E-state index in [-0.39, 0.29) is 0 Å². The number of para-hydroxylation sites is 1. The summed E-state index contributed by atoms with van der Waals surface area (Å²) < 4.78 is 5.36. The first kappa shape index (κ1) is 15.6. The van der Waals surface area contributed by atoms with Gasteiger partial charge in [-0.3, -0.25) is 10.7 Å². The Morgan fingerprint density at radius 2 is 2.18 bits per heavy atom. The van der Waals surface area contributed by atoms with E-state index < -0.39 is 0 Å². The van der Waals surface area contributed by atoms with Gasteiger partial charge in [-0.1, -0.05) is 25.3 Å². The number of aromatic nitrogens is 1. The molecule has 0 radical (unpaired) electrons. The highest BCUT2D eigenvalue weighted by molar-refractivity contribution is 5.95. The number of nitrogens with zero attached hydrogens (tertiary/aromatic N) is 1. The molecule has 0 saturated heterocycles. The van der Waals surface area contributed by atoms with Crippen LogP contribution in [0.1, 0.15) is 5.69 Å². The molecule has 0 unspecified atom stereocenters. The summed E-state index contributed by atoms with van der Waals surface area (Å²) in [5, 5.41) is 13.1. The molecule has 0 atom stereocenters. The van der Waals surface area contributed by atoms with Gasteiger partial charge < -0.3 is 10.1 Å². The van der Waals surface area contributed by atoms with E-state index in [1.54, 1.807) is 13.2 Å². The second-order valence-electron chi connectivity index (χ2n) is 4.73. The van der Waals surface area contributed by atoms with E-state index in [9.17, 15) is 0 Å². The number of methoxy groups -OCH3 is 1. The first-order valence-electron chi connectivity index (χ1n) is 6.73. The summed E-state index contributed by atoms with van der Waals surface area (Å²) in [6, 6.07) is 7.67. The number of hydrogen-bond donors (Lipinski definition) is 3. The molecule has 22 heavy (non-hydrogen) atoms. The van der Waals surface area contributed by atoms with Gasteiger partial charge in [-0.05, 0) is 31.2 Å². The Labute approximate surface area is 129 Å². The minimum Gasteiger partial charge on any atom is -0.494 e. The highest BCUT2D eigenvalue weighted by atomic mass is 16.5. The van der Waals surface area contributed by atoms with E-state index in [0.29, 0.717) is 17.1 Å². The number of rotatable bonds is 6. The molecule has 0 aliphatic heterocycles. The fraction of sp³-hybridized carbons (Fsp3) is 0.118. The number of allylic oxidation sites excluding steroid dienone is 2. The van der Waals surface area contributed by atoms with Crippen molar-refractivity contribution >= 4 is 16.6 Å². The van der Waals surface area contributed by atoms with Gasteiger partial charge in [-0.25, -0.2) is 4.98 Å². The van der Waals surface area contributed by atoms with Gasteiger partial charge in [0.05, 0.1) is 12.8 Å². The normalized spacial score (nSPS) is 11.1. The quantitative estimate of drug-likeness (QED) is 0.562. The SMILES string of the molecule is C=C/C(=C\C(=C)Nc1cc(C)nc2c(OC)cccc12)NO. The van der Waals surface area contributed by atoms with Crippen LogP contribution in [-0.4, -0.2) is 17.3 Å². The number of aryl methyl sites for hydroxylation is 1. The van der Waals surface area contributed by atoms with Gasteiger partial charge in [0.1, 0.15) is 11.3 Å². The van der Waals surface area contributed by atoms with Gasteiger partial charge in [0.2, 0.25) is 0 Å². The summed E-state index contributed by atoms with van der Waals surface area (Å²) in [5.41, 5.74) is 5.61. The van der Waals surface area contributed by atoms with Gasteiger partial charge in [0.25, 0.3) is 0 Å². The number of nitrogens with one attached hydrogen (secondary N) is 2. The third kappa shape index (κ3) is 3.27.